The van der Waals surface area contributed by atoms with E-state index in [4.69, 9.17) is 21.1 Å². The molecule has 0 bridgehead atoms. The molecule has 4 nitrogen and oxygen atoms in total. The van der Waals surface area contributed by atoms with E-state index in [2.05, 4.69) is 9.97 Å². The molecule has 2 rings (SSSR count). The van der Waals surface area contributed by atoms with Crippen molar-refractivity contribution in [3.63, 3.8) is 0 Å². The third-order valence-corrected chi connectivity index (χ3v) is 2.84. The van der Waals surface area contributed by atoms with Gasteiger partial charge in [-0.1, -0.05) is 6.07 Å². The normalized spacial score (nSPS) is 11.3. The first-order chi connectivity index (χ1) is 9.86. The van der Waals surface area contributed by atoms with Crippen LogP contribution in [-0.2, 0) is 6.18 Å². The van der Waals surface area contributed by atoms with Gasteiger partial charge in [0, 0.05) is 0 Å². The molecule has 1 aromatic heterocycles. The van der Waals surface area contributed by atoms with Gasteiger partial charge in [-0.2, -0.15) is 13.2 Å². The Bertz CT molecular complexity index is 640. The minimum absolute atomic E-state index is 0.0309. The molecule has 0 atom stereocenters. The van der Waals surface area contributed by atoms with E-state index >= 15 is 0 Å². The molecule has 0 amide bonds. The average Bonchev–Trinajstić information content (AvgIpc) is 2.44. The fourth-order valence-electron chi connectivity index (χ4n) is 1.79. The van der Waals surface area contributed by atoms with Gasteiger partial charge in [0.15, 0.2) is 0 Å². The van der Waals surface area contributed by atoms with Crippen LogP contribution in [0.3, 0.4) is 0 Å². The molecule has 0 aliphatic rings. The second-order valence-electron chi connectivity index (χ2n) is 3.94. The SMILES string of the molecule is COc1cccc(OC)c1-c1cc(C(F)(F)F)nc(Cl)n1. The number of hydrogen-bond donors (Lipinski definition) is 0. The van der Waals surface area contributed by atoms with Crippen LogP contribution < -0.4 is 9.47 Å². The molecule has 0 saturated carbocycles. The van der Waals surface area contributed by atoms with Crippen molar-refractivity contribution in [3.8, 4) is 22.8 Å². The highest BCUT2D eigenvalue weighted by Crippen LogP contribution is 2.39. The van der Waals surface area contributed by atoms with Gasteiger partial charge in [0.1, 0.15) is 17.2 Å². The van der Waals surface area contributed by atoms with Gasteiger partial charge in [-0.05, 0) is 29.8 Å². The monoisotopic (exact) mass is 318 g/mol. The largest absolute Gasteiger partial charge is 0.496 e. The third kappa shape index (κ3) is 3.18. The Kier molecular flexibility index (Phi) is 4.22. The molecule has 0 unspecified atom stereocenters. The van der Waals surface area contributed by atoms with Crippen LogP contribution in [0.5, 0.6) is 11.5 Å². The van der Waals surface area contributed by atoms with Crippen molar-refractivity contribution in [2.75, 3.05) is 14.2 Å². The van der Waals surface area contributed by atoms with Crippen LogP contribution in [0.2, 0.25) is 5.28 Å². The van der Waals surface area contributed by atoms with E-state index in [-0.39, 0.29) is 11.3 Å². The van der Waals surface area contributed by atoms with Crippen molar-refractivity contribution in [3.05, 3.63) is 35.2 Å². The lowest BCUT2D eigenvalue weighted by Crippen LogP contribution is -2.09. The van der Waals surface area contributed by atoms with Gasteiger partial charge in [0.05, 0.1) is 25.5 Å². The lowest BCUT2D eigenvalue weighted by atomic mass is 10.1. The summed E-state index contributed by atoms with van der Waals surface area (Å²) in [5, 5.41) is -0.507. The van der Waals surface area contributed by atoms with Gasteiger partial charge in [-0.15, -0.1) is 0 Å². The van der Waals surface area contributed by atoms with Gasteiger partial charge in [0.25, 0.3) is 0 Å². The summed E-state index contributed by atoms with van der Waals surface area (Å²) in [7, 11) is 2.79. The Morgan fingerprint density at radius 1 is 1.05 bits per heavy atom. The Morgan fingerprint density at radius 2 is 1.62 bits per heavy atom. The molecule has 0 radical (unpaired) electrons. The van der Waals surface area contributed by atoms with E-state index in [0.29, 0.717) is 11.5 Å². The molecule has 1 aromatic carbocycles. The second kappa shape index (κ2) is 5.77. The Hall–Kier alpha value is -2.02. The number of alkyl halides is 3. The van der Waals surface area contributed by atoms with Gasteiger partial charge in [0.2, 0.25) is 5.28 Å². The first-order valence-electron chi connectivity index (χ1n) is 5.70. The number of benzene rings is 1. The zero-order valence-corrected chi connectivity index (χ0v) is 11.8. The topological polar surface area (TPSA) is 44.2 Å². The number of rotatable bonds is 3. The molecular formula is C13H10ClF3N2O2. The highest BCUT2D eigenvalue weighted by atomic mass is 35.5. The molecule has 0 N–H and O–H groups in total. The van der Waals surface area contributed by atoms with E-state index in [0.717, 1.165) is 6.07 Å². The van der Waals surface area contributed by atoms with Crippen LogP contribution >= 0.6 is 11.6 Å². The summed E-state index contributed by atoms with van der Waals surface area (Å²) in [6, 6.07) is 5.61. The van der Waals surface area contributed by atoms with Crippen LogP contribution in [0.25, 0.3) is 11.3 Å². The van der Waals surface area contributed by atoms with Crippen LogP contribution in [-0.4, -0.2) is 24.2 Å². The van der Waals surface area contributed by atoms with E-state index in [1.807, 2.05) is 0 Å². The molecule has 2 aromatic rings. The summed E-state index contributed by atoms with van der Waals surface area (Å²) in [4.78, 5) is 7.02. The standard InChI is InChI=1S/C13H10ClF3N2O2/c1-20-8-4-3-5-9(21-2)11(8)7-6-10(13(15,16)17)19-12(14)18-7/h3-6H,1-2H3. The van der Waals surface area contributed by atoms with Gasteiger partial charge in [-0.25, -0.2) is 9.97 Å². The fourth-order valence-corrected chi connectivity index (χ4v) is 1.98. The Balaban J connectivity index is 2.70. The van der Waals surface area contributed by atoms with Gasteiger partial charge in [-0.3, -0.25) is 0 Å². The molecule has 0 spiro atoms. The number of methoxy groups -OCH3 is 2. The van der Waals surface area contributed by atoms with E-state index < -0.39 is 17.2 Å². The van der Waals surface area contributed by atoms with E-state index in [9.17, 15) is 13.2 Å². The zero-order valence-electron chi connectivity index (χ0n) is 11.0. The van der Waals surface area contributed by atoms with Crippen LogP contribution in [0.4, 0.5) is 13.2 Å². The number of ether oxygens (including phenoxy) is 2. The smallest absolute Gasteiger partial charge is 0.433 e. The van der Waals surface area contributed by atoms with Crippen LogP contribution in [0.1, 0.15) is 5.69 Å². The van der Waals surface area contributed by atoms with Crippen molar-refractivity contribution < 1.29 is 22.6 Å². The highest BCUT2D eigenvalue weighted by molar-refractivity contribution is 6.28. The first kappa shape index (κ1) is 15.4. The summed E-state index contributed by atoms with van der Waals surface area (Å²) in [5.74, 6) is 0.634. The number of hydrogen-bond acceptors (Lipinski definition) is 4. The predicted octanol–water partition coefficient (Wildman–Crippen LogP) is 3.83. The molecule has 1 heterocycles. The summed E-state index contributed by atoms with van der Waals surface area (Å²) in [6.07, 6.45) is -4.63. The van der Waals surface area contributed by atoms with Gasteiger partial charge < -0.3 is 9.47 Å². The van der Waals surface area contributed by atoms with Crippen LogP contribution in [0.15, 0.2) is 24.3 Å². The van der Waals surface area contributed by atoms with Crippen molar-refractivity contribution in [2.45, 2.75) is 6.18 Å². The van der Waals surface area contributed by atoms with Crippen molar-refractivity contribution in [1.29, 1.82) is 0 Å². The molecular weight excluding hydrogens is 309 g/mol. The minimum atomic E-state index is -4.63. The van der Waals surface area contributed by atoms with Crippen LogP contribution in [0, 0.1) is 0 Å². The van der Waals surface area contributed by atoms with Crippen molar-refractivity contribution in [1.82, 2.24) is 9.97 Å². The maximum atomic E-state index is 12.8. The maximum Gasteiger partial charge on any atom is 0.433 e. The lowest BCUT2D eigenvalue weighted by molar-refractivity contribution is -0.141. The Morgan fingerprint density at radius 3 is 2.10 bits per heavy atom. The molecule has 21 heavy (non-hydrogen) atoms. The van der Waals surface area contributed by atoms with E-state index in [1.54, 1.807) is 18.2 Å². The van der Waals surface area contributed by atoms with Crippen molar-refractivity contribution in [2.24, 2.45) is 0 Å². The maximum absolute atomic E-state index is 12.8. The summed E-state index contributed by atoms with van der Waals surface area (Å²) in [6.45, 7) is 0. The lowest BCUT2D eigenvalue weighted by Gasteiger charge is -2.14. The van der Waals surface area contributed by atoms with Gasteiger partial charge >= 0.3 is 6.18 Å². The summed E-state index contributed by atoms with van der Waals surface area (Å²) >= 11 is 5.59. The molecule has 8 heteroatoms. The van der Waals surface area contributed by atoms with E-state index in [1.165, 1.54) is 14.2 Å². The Labute approximate surface area is 123 Å². The fraction of sp³-hybridized carbons (Fsp3) is 0.231. The number of aromatic nitrogens is 2. The third-order valence-electron chi connectivity index (χ3n) is 2.67. The average molecular weight is 319 g/mol. The predicted molar refractivity (Wildman–Crippen MR) is 70.6 cm³/mol. The molecule has 0 fully saturated rings. The zero-order chi connectivity index (χ0) is 15.6. The quantitative estimate of drug-likeness (QED) is 0.807. The number of nitrogens with zero attached hydrogens (tertiary/aromatic N) is 2. The number of halogens is 4. The molecule has 0 aliphatic carbocycles. The molecule has 0 saturated heterocycles. The summed E-state index contributed by atoms with van der Waals surface area (Å²) < 4.78 is 48.7. The molecule has 0 aliphatic heterocycles. The molecule has 112 valence electrons. The second-order valence-corrected chi connectivity index (χ2v) is 4.28. The first-order valence-corrected chi connectivity index (χ1v) is 6.07. The van der Waals surface area contributed by atoms with Crippen molar-refractivity contribution >= 4 is 11.6 Å². The minimum Gasteiger partial charge on any atom is -0.496 e. The highest BCUT2D eigenvalue weighted by Gasteiger charge is 2.34. The summed E-state index contributed by atoms with van der Waals surface area (Å²) in [5.41, 5.74) is -0.889.